The molecule has 5 heteroatoms. The van der Waals surface area contributed by atoms with Gasteiger partial charge in [0.1, 0.15) is 12.4 Å². The molecule has 1 fully saturated rings. The number of hydrogen-bond donors (Lipinski definition) is 1. The molecular weight excluding hydrogens is 313 g/mol. The molecule has 2 nitrogen and oxygen atoms in total. The lowest BCUT2D eigenvalue weighted by atomic mass is 10.3. The monoisotopic (exact) mass is 323 g/mol. The summed E-state index contributed by atoms with van der Waals surface area (Å²) < 4.78 is 6.33. The zero-order valence-corrected chi connectivity index (χ0v) is 11.7. The molecule has 16 heavy (non-hydrogen) atoms. The van der Waals surface area contributed by atoms with Crippen molar-refractivity contribution in [2.24, 2.45) is 0 Å². The maximum absolute atomic E-state index is 6.02. The van der Waals surface area contributed by atoms with Crippen molar-refractivity contribution >= 4 is 39.1 Å². The molecule has 0 spiro atoms. The van der Waals surface area contributed by atoms with E-state index in [2.05, 4.69) is 21.2 Å². The summed E-state index contributed by atoms with van der Waals surface area (Å²) in [7, 11) is 0. The number of benzene rings is 1. The summed E-state index contributed by atoms with van der Waals surface area (Å²) in [4.78, 5) is 0. The topological polar surface area (TPSA) is 21.3 Å². The second kappa shape index (κ2) is 5.58. The molecule has 1 aliphatic rings. The lowest BCUT2D eigenvalue weighted by molar-refractivity contribution is 0.313. The fourth-order valence-electron chi connectivity index (χ4n) is 1.33. The number of halogens is 3. The highest BCUT2D eigenvalue weighted by atomic mass is 79.9. The molecule has 0 amide bonds. The summed E-state index contributed by atoms with van der Waals surface area (Å²) in [6, 6.07) is 4.17. The maximum Gasteiger partial charge on any atom is 0.139 e. The van der Waals surface area contributed by atoms with Crippen LogP contribution in [0.4, 0.5) is 0 Å². The summed E-state index contributed by atoms with van der Waals surface area (Å²) in [5, 5.41) is 4.54. The highest BCUT2D eigenvalue weighted by molar-refractivity contribution is 9.10. The van der Waals surface area contributed by atoms with E-state index in [1.54, 1.807) is 12.1 Å². The van der Waals surface area contributed by atoms with Gasteiger partial charge in [-0.2, -0.15) is 0 Å². The van der Waals surface area contributed by atoms with Crippen molar-refractivity contribution in [1.29, 1.82) is 0 Å². The number of rotatable bonds is 5. The van der Waals surface area contributed by atoms with Crippen molar-refractivity contribution in [3.05, 3.63) is 26.7 Å². The fraction of sp³-hybridized carbons (Fsp3) is 0.455. The Morgan fingerprint density at radius 1 is 1.31 bits per heavy atom. The van der Waals surface area contributed by atoms with E-state index in [9.17, 15) is 0 Å². The maximum atomic E-state index is 6.02. The second-order valence-electron chi connectivity index (χ2n) is 3.77. The summed E-state index contributed by atoms with van der Waals surface area (Å²) in [6.45, 7) is 1.45. The van der Waals surface area contributed by atoms with E-state index >= 15 is 0 Å². The van der Waals surface area contributed by atoms with Crippen LogP contribution in [0.15, 0.2) is 16.6 Å². The average Bonchev–Trinajstić information content (AvgIpc) is 3.04. The minimum atomic E-state index is 0.572. The van der Waals surface area contributed by atoms with Gasteiger partial charge in [0.15, 0.2) is 0 Å². The lowest BCUT2D eigenvalue weighted by Gasteiger charge is -2.09. The van der Waals surface area contributed by atoms with E-state index < -0.39 is 0 Å². The minimum absolute atomic E-state index is 0.572. The predicted octanol–water partition coefficient (Wildman–Crippen LogP) is 3.89. The summed E-state index contributed by atoms with van der Waals surface area (Å²) >= 11 is 15.3. The van der Waals surface area contributed by atoms with Crippen LogP contribution in [0.2, 0.25) is 10.0 Å². The Morgan fingerprint density at radius 2 is 2.06 bits per heavy atom. The van der Waals surface area contributed by atoms with Crippen LogP contribution in [-0.2, 0) is 0 Å². The molecule has 0 unspecified atom stereocenters. The molecule has 1 N–H and O–H groups in total. The van der Waals surface area contributed by atoms with Crippen molar-refractivity contribution in [2.75, 3.05) is 13.2 Å². The van der Waals surface area contributed by atoms with E-state index in [1.807, 2.05) is 0 Å². The van der Waals surface area contributed by atoms with Gasteiger partial charge in [-0.15, -0.1) is 0 Å². The molecule has 0 aromatic heterocycles. The standard InChI is InChI=1S/C11H12BrCl2NO/c12-8-5-10(14)11(6-9(8)13)16-4-3-15-7-1-2-7/h5-7,15H,1-4H2. The smallest absolute Gasteiger partial charge is 0.139 e. The van der Waals surface area contributed by atoms with Crippen LogP contribution in [-0.4, -0.2) is 19.2 Å². The van der Waals surface area contributed by atoms with Crippen LogP contribution in [0, 0.1) is 0 Å². The van der Waals surface area contributed by atoms with Gasteiger partial charge in [-0.1, -0.05) is 23.2 Å². The third kappa shape index (κ3) is 3.52. The first-order valence-corrected chi connectivity index (χ1v) is 6.72. The SMILES string of the molecule is Clc1cc(OCCNC2CC2)c(Cl)cc1Br. The molecule has 0 aliphatic heterocycles. The van der Waals surface area contributed by atoms with Gasteiger partial charge in [0.25, 0.3) is 0 Å². The molecule has 88 valence electrons. The second-order valence-corrected chi connectivity index (χ2v) is 5.44. The highest BCUT2D eigenvalue weighted by Gasteiger charge is 2.19. The Labute approximate surface area is 113 Å². The molecule has 2 rings (SSSR count). The molecule has 1 aromatic rings. The van der Waals surface area contributed by atoms with Crippen molar-refractivity contribution in [3.8, 4) is 5.75 Å². The molecule has 1 saturated carbocycles. The van der Waals surface area contributed by atoms with Crippen molar-refractivity contribution < 1.29 is 4.74 Å². The van der Waals surface area contributed by atoms with Gasteiger partial charge < -0.3 is 10.1 Å². The Bertz CT molecular complexity index is 382. The van der Waals surface area contributed by atoms with E-state index in [-0.39, 0.29) is 0 Å². The zero-order chi connectivity index (χ0) is 11.5. The van der Waals surface area contributed by atoms with Crippen LogP contribution in [0.25, 0.3) is 0 Å². The summed E-state index contributed by atoms with van der Waals surface area (Å²) in [5.74, 6) is 0.632. The largest absolute Gasteiger partial charge is 0.491 e. The Hall–Kier alpha value is 0.0400. The molecule has 0 heterocycles. The lowest BCUT2D eigenvalue weighted by Crippen LogP contribution is -2.22. The quantitative estimate of drug-likeness (QED) is 0.655. The third-order valence-corrected chi connectivity index (χ3v) is 3.84. The number of hydrogen-bond acceptors (Lipinski definition) is 2. The van der Waals surface area contributed by atoms with Crippen LogP contribution in [0.3, 0.4) is 0 Å². The van der Waals surface area contributed by atoms with Crippen molar-refractivity contribution in [3.63, 3.8) is 0 Å². The minimum Gasteiger partial charge on any atom is -0.491 e. The summed E-state index contributed by atoms with van der Waals surface area (Å²) in [5.41, 5.74) is 0. The molecule has 1 aromatic carbocycles. The third-order valence-electron chi connectivity index (χ3n) is 2.34. The summed E-state index contributed by atoms with van der Waals surface area (Å²) in [6.07, 6.45) is 2.57. The Morgan fingerprint density at radius 3 is 2.75 bits per heavy atom. The van der Waals surface area contributed by atoms with E-state index in [1.165, 1.54) is 12.8 Å². The predicted molar refractivity (Wildman–Crippen MR) is 70.7 cm³/mol. The van der Waals surface area contributed by atoms with Gasteiger partial charge in [-0.25, -0.2) is 0 Å². The first-order valence-electron chi connectivity index (χ1n) is 5.17. The number of nitrogens with one attached hydrogen (secondary N) is 1. The molecule has 1 aliphatic carbocycles. The number of ether oxygens (including phenoxy) is 1. The van der Waals surface area contributed by atoms with Crippen LogP contribution in [0.5, 0.6) is 5.75 Å². The van der Waals surface area contributed by atoms with Gasteiger partial charge in [-0.05, 0) is 34.8 Å². The van der Waals surface area contributed by atoms with Gasteiger partial charge in [0.05, 0.1) is 10.0 Å². The zero-order valence-electron chi connectivity index (χ0n) is 8.60. The molecule has 0 atom stereocenters. The molecule has 0 bridgehead atoms. The fourth-order valence-corrected chi connectivity index (χ4v) is 2.17. The van der Waals surface area contributed by atoms with Crippen molar-refractivity contribution in [1.82, 2.24) is 5.32 Å². The average molecular weight is 325 g/mol. The van der Waals surface area contributed by atoms with E-state index in [4.69, 9.17) is 27.9 Å². The van der Waals surface area contributed by atoms with Gasteiger partial charge in [0, 0.05) is 23.1 Å². The first kappa shape index (κ1) is 12.5. The van der Waals surface area contributed by atoms with Gasteiger partial charge in [0.2, 0.25) is 0 Å². The first-order chi connectivity index (χ1) is 7.66. The van der Waals surface area contributed by atoms with Gasteiger partial charge >= 0.3 is 0 Å². The Kier molecular flexibility index (Phi) is 4.36. The van der Waals surface area contributed by atoms with Crippen LogP contribution >= 0.6 is 39.1 Å². The molecule has 0 saturated heterocycles. The molecular formula is C11H12BrCl2NO. The highest BCUT2D eigenvalue weighted by Crippen LogP contribution is 2.33. The van der Waals surface area contributed by atoms with Gasteiger partial charge in [-0.3, -0.25) is 0 Å². The molecule has 0 radical (unpaired) electrons. The van der Waals surface area contributed by atoms with Crippen LogP contribution in [0.1, 0.15) is 12.8 Å². The Balaban J connectivity index is 1.85. The van der Waals surface area contributed by atoms with E-state index in [0.717, 1.165) is 11.0 Å². The van der Waals surface area contributed by atoms with Crippen molar-refractivity contribution in [2.45, 2.75) is 18.9 Å². The normalized spacial score (nSPS) is 15.2. The van der Waals surface area contributed by atoms with E-state index in [0.29, 0.717) is 28.4 Å². The van der Waals surface area contributed by atoms with Crippen LogP contribution < -0.4 is 10.1 Å².